The summed E-state index contributed by atoms with van der Waals surface area (Å²) < 4.78 is 3.39. The third kappa shape index (κ3) is 4.31. The summed E-state index contributed by atoms with van der Waals surface area (Å²) in [6.07, 6.45) is 2.72. The van der Waals surface area contributed by atoms with Gasteiger partial charge in [-0.2, -0.15) is 0 Å². The van der Waals surface area contributed by atoms with E-state index in [0.29, 0.717) is 35.3 Å². The lowest BCUT2D eigenvalue weighted by molar-refractivity contribution is -0.118. The standard InChI is InChI=1S/C25H26N6O2S/c1-2-13-30-23(33)20-10-6-7-11-21(20)31-24(30)27-28-25(31)34-17-22(32)26-15-18-12-14-29(16-18)19-8-4-3-5-9-19/h2-11,18H,1,12-17H2,(H,26,32). The van der Waals surface area contributed by atoms with E-state index in [0.717, 1.165) is 25.0 Å². The lowest BCUT2D eigenvalue weighted by Crippen LogP contribution is -2.32. The van der Waals surface area contributed by atoms with Crippen LogP contribution >= 0.6 is 11.8 Å². The monoisotopic (exact) mass is 474 g/mol. The van der Waals surface area contributed by atoms with Crippen LogP contribution in [0.2, 0.25) is 0 Å². The van der Waals surface area contributed by atoms with E-state index in [4.69, 9.17) is 0 Å². The molecule has 1 saturated heterocycles. The number of para-hydroxylation sites is 2. The van der Waals surface area contributed by atoms with Crippen molar-refractivity contribution >= 4 is 40.0 Å². The number of allylic oxidation sites excluding steroid dienone is 1. The number of carbonyl (C=O) groups excluding carboxylic acids is 1. The minimum Gasteiger partial charge on any atom is -0.371 e. The molecule has 1 amide bonds. The van der Waals surface area contributed by atoms with Crippen molar-refractivity contribution in [2.75, 3.05) is 30.3 Å². The van der Waals surface area contributed by atoms with Gasteiger partial charge < -0.3 is 10.2 Å². The van der Waals surface area contributed by atoms with E-state index >= 15 is 0 Å². The molecule has 0 spiro atoms. The van der Waals surface area contributed by atoms with Crippen molar-refractivity contribution in [3.8, 4) is 0 Å². The molecule has 9 heteroatoms. The smallest absolute Gasteiger partial charge is 0.263 e. The summed E-state index contributed by atoms with van der Waals surface area (Å²) in [7, 11) is 0. The maximum absolute atomic E-state index is 12.9. The number of hydrogen-bond donors (Lipinski definition) is 1. The Bertz CT molecular complexity index is 1400. The zero-order valence-electron chi connectivity index (χ0n) is 18.8. The predicted octanol–water partition coefficient (Wildman–Crippen LogP) is 2.97. The van der Waals surface area contributed by atoms with Crippen molar-refractivity contribution < 1.29 is 4.79 Å². The van der Waals surface area contributed by atoms with Gasteiger partial charge in [-0.15, -0.1) is 16.8 Å². The zero-order chi connectivity index (χ0) is 23.5. The van der Waals surface area contributed by atoms with Crippen LogP contribution in [0.4, 0.5) is 5.69 Å². The Labute approximate surface area is 201 Å². The van der Waals surface area contributed by atoms with Crippen LogP contribution in [0.3, 0.4) is 0 Å². The van der Waals surface area contributed by atoms with Crippen molar-refractivity contribution in [1.29, 1.82) is 0 Å². The summed E-state index contributed by atoms with van der Waals surface area (Å²) in [6.45, 7) is 6.68. The molecule has 8 nitrogen and oxygen atoms in total. The molecule has 1 atom stereocenters. The van der Waals surface area contributed by atoms with Crippen LogP contribution in [0.25, 0.3) is 16.7 Å². The first kappa shape index (κ1) is 22.2. The number of benzene rings is 2. The summed E-state index contributed by atoms with van der Waals surface area (Å²) in [5, 5.41) is 12.7. The lowest BCUT2D eigenvalue weighted by Gasteiger charge is -2.18. The first-order chi connectivity index (χ1) is 16.7. The molecular weight excluding hydrogens is 448 g/mol. The molecule has 3 heterocycles. The van der Waals surface area contributed by atoms with Crippen LogP contribution < -0.4 is 15.8 Å². The van der Waals surface area contributed by atoms with Crippen LogP contribution in [0.15, 0.2) is 77.2 Å². The van der Waals surface area contributed by atoms with Gasteiger partial charge in [-0.1, -0.05) is 48.2 Å². The molecule has 5 rings (SSSR count). The molecular formula is C25H26N6O2S. The third-order valence-corrected chi connectivity index (χ3v) is 7.05. The number of nitrogens with one attached hydrogen (secondary N) is 1. The van der Waals surface area contributed by atoms with E-state index in [1.807, 2.05) is 28.7 Å². The fraction of sp³-hybridized carbons (Fsp3) is 0.280. The summed E-state index contributed by atoms with van der Waals surface area (Å²) in [5.41, 5.74) is 1.82. The van der Waals surface area contributed by atoms with Crippen molar-refractivity contribution in [2.45, 2.75) is 18.1 Å². The van der Waals surface area contributed by atoms with E-state index < -0.39 is 0 Å². The SMILES string of the molecule is C=CCn1c(=O)c2ccccc2n2c(SCC(=O)NCC3CCN(c4ccccc4)C3)nnc12. The highest BCUT2D eigenvalue weighted by Crippen LogP contribution is 2.24. The molecule has 0 bridgehead atoms. The first-order valence-corrected chi connectivity index (χ1v) is 12.3. The Balaban J connectivity index is 1.25. The predicted molar refractivity (Wildman–Crippen MR) is 135 cm³/mol. The number of anilines is 1. The molecule has 1 unspecified atom stereocenters. The average molecular weight is 475 g/mol. The second-order valence-corrected chi connectivity index (χ2v) is 9.31. The minimum atomic E-state index is -0.134. The molecule has 1 aliphatic rings. The molecule has 2 aromatic carbocycles. The zero-order valence-corrected chi connectivity index (χ0v) is 19.6. The van der Waals surface area contributed by atoms with Crippen LogP contribution in [-0.4, -0.2) is 50.5 Å². The van der Waals surface area contributed by atoms with E-state index in [-0.39, 0.29) is 17.2 Å². The number of carbonyl (C=O) groups is 1. The van der Waals surface area contributed by atoms with Gasteiger partial charge in [0.2, 0.25) is 11.7 Å². The number of thioether (sulfide) groups is 1. The third-order valence-electron chi connectivity index (χ3n) is 6.12. The molecule has 1 N–H and O–H groups in total. The fourth-order valence-corrected chi connectivity index (χ4v) is 5.20. The number of aromatic nitrogens is 4. The quantitative estimate of drug-likeness (QED) is 0.312. The fourth-order valence-electron chi connectivity index (χ4n) is 4.43. The van der Waals surface area contributed by atoms with Crippen LogP contribution in [0, 0.1) is 5.92 Å². The van der Waals surface area contributed by atoms with Crippen LogP contribution in [0.5, 0.6) is 0 Å². The number of rotatable bonds is 8. The highest BCUT2D eigenvalue weighted by molar-refractivity contribution is 7.99. The van der Waals surface area contributed by atoms with Gasteiger partial charge in [0.05, 0.1) is 16.7 Å². The van der Waals surface area contributed by atoms with Crippen molar-refractivity contribution in [1.82, 2.24) is 24.5 Å². The first-order valence-electron chi connectivity index (χ1n) is 11.3. The average Bonchev–Trinajstić information content (AvgIpc) is 3.52. The normalized spacial score (nSPS) is 15.8. The van der Waals surface area contributed by atoms with Crippen molar-refractivity contribution in [3.63, 3.8) is 0 Å². The number of fused-ring (bicyclic) bond motifs is 3. The Morgan fingerprint density at radius 3 is 2.76 bits per heavy atom. The molecule has 1 aliphatic heterocycles. The second-order valence-electron chi connectivity index (χ2n) is 8.37. The molecule has 2 aromatic heterocycles. The summed E-state index contributed by atoms with van der Waals surface area (Å²) in [6, 6.07) is 17.7. The summed E-state index contributed by atoms with van der Waals surface area (Å²) in [5.74, 6) is 1.06. The topological polar surface area (TPSA) is 84.5 Å². The van der Waals surface area contributed by atoms with Crippen molar-refractivity contribution in [2.24, 2.45) is 5.92 Å². The maximum Gasteiger partial charge on any atom is 0.263 e. The molecule has 0 saturated carbocycles. The molecule has 4 aromatic rings. The van der Waals surface area contributed by atoms with E-state index in [2.05, 4.69) is 51.3 Å². The Morgan fingerprint density at radius 1 is 1.15 bits per heavy atom. The van der Waals surface area contributed by atoms with Gasteiger partial charge >= 0.3 is 0 Å². The summed E-state index contributed by atoms with van der Waals surface area (Å²) in [4.78, 5) is 27.9. The lowest BCUT2D eigenvalue weighted by atomic mass is 10.1. The van der Waals surface area contributed by atoms with E-state index in [1.165, 1.54) is 17.4 Å². The van der Waals surface area contributed by atoms with Gasteiger partial charge in [0.15, 0.2) is 5.16 Å². The van der Waals surface area contributed by atoms with Gasteiger partial charge in [-0.05, 0) is 36.6 Å². The van der Waals surface area contributed by atoms with Gasteiger partial charge in [-0.25, -0.2) is 0 Å². The minimum absolute atomic E-state index is 0.0383. The van der Waals surface area contributed by atoms with E-state index in [9.17, 15) is 9.59 Å². The van der Waals surface area contributed by atoms with Gasteiger partial charge in [-0.3, -0.25) is 18.6 Å². The second kappa shape index (κ2) is 9.72. The highest BCUT2D eigenvalue weighted by atomic mass is 32.2. The Kier molecular flexibility index (Phi) is 6.35. The highest BCUT2D eigenvalue weighted by Gasteiger charge is 2.23. The van der Waals surface area contributed by atoms with Gasteiger partial charge in [0, 0.05) is 31.9 Å². The van der Waals surface area contributed by atoms with E-state index in [1.54, 1.807) is 16.7 Å². The van der Waals surface area contributed by atoms with Gasteiger partial charge in [0.1, 0.15) is 0 Å². The molecule has 0 aliphatic carbocycles. The van der Waals surface area contributed by atoms with Crippen LogP contribution in [-0.2, 0) is 11.3 Å². The molecule has 34 heavy (non-hydrogen) atoms. The number of hydrogen-bond acceptors (Lipinski definition) is 6. The summed E-state index contributed by atoms with van der Waals surface area (Å²) >= 11 is 1.32. The number of nitrogens with zero attached hydrogens (tertiary/aromatic N) is 5. The molecule has 0 radical (unpaired) electrons. The van der Waals surface area contributed by atoms with Crippen molar-refractivity contribution in [3.05, 3.63) is 77.6 Å². The Hall–Kier alpha value is -3.59. The maximum atomic E-state index is 12.9. The Morgan fingerprint density at radius 2 is 1.94 bits per heavy atom. The van der Waals surface area contributed by atoms with Crippen LogP contribution in [0.1, 0.15) is 6.42 Å². The molecule has 174 valence electrons. The van der Waals surface area contributed by atoms with Gasteiger partial charge in [0.25, 0.3) is 5.56 Å². The largest absolute Gasteiger partial charge is 0.371 e. The number of amides is 1. The molecule has 1 fully saturated rings.